The molecule has 1 heterocycles. The molecule has 0 saturated carbocycles. The second kappa shape index (κ2) is 11.7. The molecule has 0 atom stereocenters. The molecule has 0 unspecified atom stereocenters. The first-order chi connectivity index (χ1) is 15.0. The van der Waals surface area contributed by atoms with E-state index in [1.165, 1.54) is 0 Å². The van der Waals surface area contributed by atoms with Gasteiger partial charge in [0, 0.05) is 23.1 Å². The Labute approximate surface area is 199 Å². The molecule has 1 aliphatic heterocycles. The molecule has 7 nitrogen and oxygen atoms in total. The first-order valence-corrected chi connectivity index (χ1v) is 11.1. The van der Waals surface area contributed by atoms with Gasteiger partial charge in [-0.25, -0.2) is 5.43 Å². The number of hydrazone groups is 1. The maximum atomic E-state index is 12.0. The Hall–Kier alpha value is -1.84. The van der Waals surface area contributed by atoms with Gasteiger partial charge < -0.3 is 14.2 Å². The number of ether oxygens (including phenoxy) is 3. The maximum absolute atomic E-state index is 12.0. The third-order valence-corrected chi connectivity index (χ3v) is 5.95. The van der Waals surface area contributed by atoms with Crippen molar-refractivity contribution in [2.75, 3.05) is 40.0 Å². The van der Waals surface area contributed by atoms with Crippen LogP contribution in [0.3, 0.4) is 0 Å². The van der Waals surface area contributed by atoms with Crippen LogP contribution in [0.1, 0.15) is 11.1 Å². The Kier molecular flexibility index (Phi) is 8.98. The number of nitrogens with zero attached hydrogens (tertiary/aromatic N) is 2. The number of halogens is 3. The average Bonchev–Trinajstić information content (AvgIpc) is 2.76. The van der Waals surface area contributed by atoms with Crippen LogP contribution in [-0.4, -0.2) is 57.0 Å². The summed E-state index contributed by atoms with van der Waals surface area (Å²) in [4.78, 5) is 14.1. The number of carbonyl (C=O) groups excluding carboxylic acids is 1. The molecule has 31 heavy (non-hydrogen) atoms. The monoisotopic (exact) mass is 529 g/mol. The van der Waals surface area contributed by atoms with Crippen LogP contribution in [0.15, 0.2) is 39.9 Å². The molecule has 1 aliphatic rings. The van der Waals surface area contributed by atoms with Gasteiger partial charge in [0.25, 0.3) is 5.91 Å². The molecule has 1 fully saturated rings. The summed E-state index contributed by atoms with van der Waals surface area (Å²) in [7, 11) is 1.56. The van der Waals surface area contributed by atoms with E-state index in [1.54, 1.807) is 37.6 Å². The van der Waals surface area contributed by atoms with E-state index in [0.717, 1.165) is 28.7 Å². The summed E-state index contributed by atoms with van der Waals surface area (Å²) >= 11 is 15.5. The zero-order chi connectivity index (χ0) is 22.2. The predicted octanol–water partition coefficient (Wildman–Crippen LogP) is 4.13. The van der Waals surface area contributed by atoms with Gasteiger partial charge in [-0.3, -0.25) is 9.69 Å². The van der Waals surface area contributed by atoms with Crippen molar-refractivity contribution in [2.45, 2.75) is 6.61 Å². The van der Waals surface area contributed by atoms with Gasteiger partial charge in [-0.15, -0.1) is 0 Å². The van der Waals surface area contributed by atoms with Crippen molar-refractivity contribution in [2.24, 2.45) is 5.10 Å². The lowest BCUT2D eigenvalue weighted by molar-refractivity contribution is -0.123. The topological polar surface area (TPSA) is 72.4 Å². The molecule has 0 spiro atoms. The highest BCUT2D eigenvalue weighted by molar-refractivity contribution is 9.10. The molecule has 1 N–H and O–H groups in total. The molecular weight excluding hydrogens is 509 g/mol. The first-order valence-electron chi connectivity index (χ1n) is 9.52. The van der Waals surface area contributed by atoms with E-state index in [4.69, 9.17) is 37.4 Å². The van der Waals surface area contributed by atoms with Crippen molar-refractivity contribution in [3.8, 4) is 11.5 Å². The highest BCUT2D eigenvalue weighted by atomic mass is 79.9. The van der Waals surface area contributed by atoms with E-state index in [9.17, 15) is 4.79 Å². The summed E-state index contributed by atoms with van der Waals surface area (Å²) in [6, 6.07) is 8.88. The number of amides is 1. The summed E-state index contributed by atoms with van der Waals surface area (Å²) in [5.74, 6) is 0.904. The lowest BCUT2D eigenvalue weighted by atomic mass is 10.2. The van der Waals surface area contributed by atoms with Crippen LogP contribution in [0.25, 0.3) is 0 Å². The van der Waals surface area contributed by atoms with Crippen LogP contribution in [0.5, 0.6) is 11.5 Å². The molecule has 1 saturated heterocycles. The van der Waals surface area contributed by atoms with Gasteiger partial charge in [-0.1, -0.05) is 29.3 Å². The van der Waals surface area contributed by atoms with E-state index in [1.807, 2.05) is 11.0 Å². The molecule has 166 valence electrons. The first kappa shape index (κ1) is 23.8. The number of rotatable bonds is 8. The van der Waals surface area contributed by atoms with Gasteiger partial charge in [0.2, 0.25) is 0 Å². The zero-order valence-corrected chi connectivity index (χ0v) is 20.0. The summed E-state index contributed by atoms with van der Waals surface area (Å²) in [5.41, 5.74) is 4.15. The van der Waals surface area contributed by atoms with E-state index in [0.29, 0.717) is 41.4 Å². The number of nitrogens with one attached hydrogen (secondary N) is 1. The van der Waals surface area contributed by atoms with Gasteiger partial charge in [0.15, 0.2) is 11.5 Å². The largest absolute Gasteiger partial charge is 0.493 e. The molecular formula is C21H22BrCl2N3O4. The Morgan fingerprint density at radius 3 is 2.71 bits per heavy atom. The quantitative estimate of drug-likeness (QED) is 0.410. The van der Waals surface area contributed by atoms with Gasteiger partial charge >= 0.3 is 0 Å². The van der Waals surface area contributed by atoms with Crippen molar-refractivity contribution in [1.29, 1.82) is 0 Å². The van der Waals surface area contributed by atoms with Crippen molar-refractivity contribution in [3.05, 3.63) is 56.0 Å². The van der Waals surface area contributed by atoms with E-state index in [-0.39, 0.29) is 12.5 Å². The summed E-state index contributed by atoms with van der Waals surface area (Å²) in [5, 5.41) is 5.01. The minimum Gasteiger partial charge on any atom is -0.493 e. The minimum absolute atomic E-state index is 0.178. The molecule has 0 bridgehead atoms. The molecule has 2 aromatic carbocycles. The van der Waals surface area contributed by atoms with E-state index in [2.05, 4.69) is 26.5 Å². The zero-order valence-electron chi connectivity index (χ0n) is 16.9. The Balaban J connectivity index is 1.60. The van der Waals surface area contributed by atoms with Gasteiger partial charge in [-0.05, 0) is 45.8 Å². The molecule has 2 aromatic rings. The molecule has 1 amide bonds. The Morgan fingerprint density at radius 1 is 1.23 bits per heavy atom. The normalized spacial score (nSPS) is 14.6. The fourth-order valence-corrected chi connectivity index (χ4v) is 3.63. The maximum Gasteiger partial charge on any atom is 0.254 e. The standard InChI is InChI=1S/C21H22BrCl2N3O4/c1-29-19-9-15(11-25-26-21(28)12-27-4-6-30-7-5-27)16(22)10-20(19)31-13-14-2-3-17(23)18(24)8-14/h2-3,8-11H,4-7,12-13H2,1H3,(H,26,28)/b25-11+. The number of morpholine rings is 1. The van der Waals surface area contributed by atoms with E-state index >= 15 is 0 Å². The third-order valence-electron chi connectivity index (χ3n) is 4.53. The number of carbonyl (C=O) groups is 1. The summed E-state index contributed by atoms with van der Waals surface area (Å²) < 4.78 is 17.3. The molecule has 0 radical (unpaired) electrons. The number of methoxy groups -OCH3 is 1. The second-order valence-corrected chi connectivity index (χ2v) is 8.41. The van der Waals surface area contributed by atoms with Crippen LogP contribution < -0.4 is 14.9 Å². The molecule has 0 aromatic heterocycles. The molecule has 0 aliphatic carbocycles. The fourth-order valence-electron chi connectivity index (χ4n) is 2.88. The minimum atomic E-state index is -0.178. The summed E-state index contributed by atoms with van der Waals surface area (Å²) in [6.07, 6.45) is 1.55. The number of benzene rings is 2. The Morgan fingerprint density at radius 2 is 2.00 bits per heavy atom. The SMILES string of the molecule is COc1cc(/C=N/NC(=O)CN2CCOCC2)c(Br)cc1OCc1ccc(Cl)c(Cl)c1. The van der Waals surface area contributed by atoms with Crippen molar-refractivity contribution < 1.29 is 19.0 Å². The van der Waals surface area contributed by atoms with Crippen LogP contribution in [-0.2, 0) is 16.1 Å². The molecule has 10 heteroatoms. The molecule has 3 rings (SSSR count). The van der Waals surface area contributed by atoms with E-state index < -0.39 is 0 Å². The van der Waals surface area contributed by atoms with Crippen LogP contribution in [0.4, 0.5) is 0 Å². The third kappa shape index (κ3) is 7.08. The average molecular weight is 531 g/mol. The van der Waals surface area contributed by atoms with Crippen molar-refractivity contribution >= 4 is 51.3 Å². The second-order valence-electron chi connectivity index (χ2n) is 6.74. The predicted molar refractivity (Wildman–Crippen MR) is 124 cm³/mol. The number of hydrogen-bond donors (Lipinski definition) is 1. The van der Waals surface area contributed by atoms with Crippen molar-refractivity contribution in [1.82, 2.24) is 10.3 Å². The van der Waals surface area contributed by atoms with Crippen LogP contribution >= 0.6 is 39.1 Å². The van der Waals surface area contributed by atoms with Crippen LogP contribution in [0.2, 0.25) is 10.0 Å². The van der Waals surface area contributed by atoms with Gasteiger partial charge in [-0.2, -0.15) is 5.10 Å². The van der Waals surface area contributed by atoms with Gasteiger partial charge in [0.1, 0.15) is 6.61 Å². The van der Waals surface area contributed by atoms with Crippen molar-refractivity contribution in [3.63, 3.8) is 0 Å². The van der Waals surface area contributed by atoms with Gasteiger partial charge in [0.05, 0.1) is 43.1 Å². The highest BCUT2D eigenvalue weighted by Gasteiger charge is 2.14. The lowest BCUT2D eigenvalue weighted by Crippen LogP contribution is -2.42. The summed E-state index contributed by atoms with van der Waals surface area (Å²) in [6.45, 7) is 3.34. The fraction of sp³-hybridized carbons (Fsp3) is 0.333. The lowest BCUT2D eigenvalue weighted by Gasteiger charge is -2.25. The highest BCUT2D eigenvalue weighted by Crippen LogP contribution is 2.34. The smallest absolute Gasteiger partial charge is 0.254 e. The number of hydrogen-bond acceptors (Lipinski definition) is 6. The van der Waals surface area contributed by atoms with Crippen LogP contribution in [0, 0.1) is 0 Å². The Bertz CT molecular complexity index is 952.